The molecule has 0 fully saturated rings. The van der Waals surface area contributed by atoms with Crippen LogP contribution in [0, 0.1) is 5.92 Å². The highest BCUT2D eigenvalue weighted by Gasteiger charge is 2.19. The molecular formula is C14H24N2O3S. The molecule has 0 saturated heterocycles. The van der Waals surface area contributed by atoms with Crippen LogP contribution in [0.1, 0.15) is 32.3 Å². The van der Waals surface area contributed by atoms with Gasteiger partial charge in [-0.1, -0.05) is 44.9 Å². The van der Waals surface area contributed by atoms with Crippen LogP contribution in [0.25, 0.3) is 0 Å². The lowest BCUT2D eigenvalue weighted by molar-refractivity contribution is 0.107. The Bertz CT molecular complexity index is 513. The number of rotatable bonds is 8. The highest BCUT2D eigenvalue weighted by Crippen LogP contribution is 2.15. The van der Waals surface area contributed by atoms with E-state index < -0.39 is 16.1 Å². The first-order chi connectivity index (χ1) is 9.39. The lowest BCUT2D eigenvalue weighted by Gasteiger charge is -2.20. The molecular weight excluding hydrogens is 276 g/mol. The molecule has 6 heteroatoms. The quantitative estimate of drug-likeness (QED) is 0.634. The number of anilines is 1. The van der Waals surface area contributed by atoms with Crippen LogP contribution in [0.3, 0.4) is 0 Å². The van der Waals surface area contributed by atoms with Gasteiger partial charge in [-0.25, -0.2) is 13.1 Å². The first-order valence-electron chi connectivity index (χ1n) is 6.88. The van der Waals surface area contributed by atoms with Gasteiger partial charge in [-0.05, 0) is 17.5 Å². The first-order valence-corrected chi connectivity index (χ1v) is 8.53. The minimum atomic E-state index is -3.49. The number of aliphatic hydroxyl groups excluding tert-OH is 1. The SMILES string of the molecule is CCC(CC)C(O)CNS(=O)(=O)Cc1ccccc1N. The van der Waals surface area contributed by atoms with Crippen molar-refractivity contribution in [1.29, 1.82) is 0 Å². The highest BCUT2D eigenvalue weighted by molar-refractivity contribution is 7.88. The van der Waals surface area contributed by atoms with E-state index in [-0.39, 0.29) is 18.2 Å². The smallest absolute Gasteiger partial charge is 0.215 e. The second-order valence-electron chi connectivity index (χ2n) is 4.95. The fourth-order valence-corrected chi connectivity index (χ4v) is 3.33. The Labute approximate surface area is 121 Å². The maximum Gasteiger partial charge on any atom is 0.215 e. The zero-order valence-corrected chi connectivity index (χ0v) is 12.9. The van der Waals surface area contributed by atoms with E-state index in [0.717, 1.165) is 12.8 Å². The van der Waals surface area contributed by atoms with Gasteiger partial charge >= 0.3 is 0 Å². The molecule has 0 aliphatic carbocycles. The van der Waals surface area contributed by atoms with Crippen LogP contribution in [0.15, 0.2) is 24.3 Å². The van der Waals surface area contributed by atoms with E-state index in [4.69, 9.17) is 5.73 Å². The predicted molar refractivity (Wildman–Crippen MR) is 81.6 cm³/mol. The van der Waals surface area contributed by atoms with Crippen molar-refractivity contribution in [2.24, 2.45) is 5.92 Å². The van der Waals surface area contributed by atoms with Crippen LogP contribution in [0.4, 0.5) is 5.69 Å². The summed E-state index contributed by atoms with van der Waals surface area (Å²) < 4.78 is 26.4. The van der Waals surface area contributed by atoms with Crippen molar-refractivity contribution in [3.63, 3.8) is 0 Å². The Morgan fingerprint density at radius 2 is 1.85 bits per heavy atom. The van der Waals surface area contributed by atoms with Crippen molar-refractivity contribution >= 4 is 15.7 Å². The molecule has 1 aromatic carbocycles. The summed E-state index contributed by atoms with van der Waals surface area (Å²) in [5.41, 5.74) is 6.76. The Balaban J connectivity index is 2.61. The summed E-state index contributed by atoms with van der Waals surface area (Å²) in [5.74, 6) is -0.0607. The molecule has 1 aromatic rings. The van der Waals surface area contributed by atoms with Crippen molar-refractivity contribution in [1.82, 2.24) is 4.72 Å². The number of para-hydroxylation sites is 1. The maximum absolute atomic E-state index is 12.0. The molecule has 5 nitrogen and oxygen atoms in total. The monoisotopic (exact) mass is 300 g/mol. The van der Waals surface area contributed by atoms with Gasteiger partial charge in [0.2, 0.25) is 10.0 Å². The molecule has 0 aliphatic rings. The third kappa shape index (κ3) is 5.11. The molecule has 0 aromatic heterocycles. The standard InChI is InChI=1S/C14H24N2O3S/c1-3-11(4-2)14(17)9-16-20(18,19)10-12-7-5-6-8-13(12)15/h5-8,11,14,16-17H,3-4,9-10,15H2,1-2H3. The molecule has 0 amide bonds. The van der Waals surface area contributed by atoms with E-state index in [1.165, 1.54) is 0 Å². The zero-order valence-electron chi connectivity index (χ0n) is 12.0. The van der Waals surface area contributed by atoms with E-state index in [1.54, 1.807) is 24.3 Å². The number of hydrogen-bond donors (Lipinski definition) is 3. The van der Waals surface area contributed by atoms with Gasteiger partial charge in [-0.3, -0.25) is 0 Å². The van der Waals surface area contributed by atoms with Crippen molar-refractivity contribution in [2.75, 3.05) is 12.3 Å². The van der Waals surface area contributed by atoms with Gasteiger partial charge in [-0.15, -0.1) is 0 Å². The van der Waals surface area contributed by atoms with Gasteiger partial charge in [0.15, 0.2) is 0 Å². The van der Waals surface area contributed by atoms with Crippen LogP contribution in [0.2, 0.25) is 0 Å². The number of aliphatic hydroxyl groups is 1. The van der Waals surface area contributed by atoms with E-state index in [9.17, 15) is 13.5 Å². The molecule has 0 heterocycles. The molecule has 0 spiro atoms. The summed E-state index contributed by atoms with van der Waals surface area (Å²) in [5, 5.41) is 9.94. The van der Waals surface area contributed by atoms with Gasteiger partial charge < -0.3 is 10.8 Å². The number of nitrogen functional groups attached to an aromatic ring is 1. The van der Waals surface area contributed by atoms with E-state index in [0.29, 0.717) is 11.3 Å². The first kappa shape index (κ1) is 16.9. The number of benzene rings is 1. The number of nitrogens with two attached hydrogens (primary N) is 1. The van der Waals surface area contributed by atoms with Gasteiger partial charge in [0, 0.05) is 12.2 Å². The lowest BCUT2D eigenvalue weighted by Crippen LogP contribution is -2.36. The van der Waals surface area contributed by atoms with Crippen molar-refractivity contribution in [2.45, 2.75) is 38.5 Å². The number of sulfonamides is 1. The van der Waals surface area contributed by atoms with Gasteiger partial charge in [0.25, 0.3) is 0 Å². The lowest BCUT2D eigenvalue weighted by atomic mass is 9.97. The molecule has 1 rings (SSSR count). The molecule has 0 aliphatic heterocycles. The molecule has 1 atom stereocenters. The summed E-state index contributed by atoms with van der Waals surface area (Å²) in [6.45, 7) is 4.01. The van der Waals surface area contributed by atoms with E-state index in [1.807, 2.05) is 13.8 Å². The van der Waals surface area contributed by atoms with Crippen LogP contribution < -0.4 is 10.5 Å². The van der Waals surface area contributed by atoms with Crippen molar-refractivity contribution in [3.05, 3.63) is 29.8 Å². The highest BCUT2D eigenvalue weighted by atomic mass is 32.2. The van der Waals surface area contributed by atoms with E-state index in [2.05, 4.69) is 4.72 Å². The maximum atomic E-state index is 12.0. The molecule has 4 N–H and O–H groups in total. The van der Waals surface area contributed by atoms with Gasteiger partial charge in [0.1, 0.15) is 0 Å². The average Bonchev–Trinajstić information content (AvgIpc) is 2.40. The Morgan fingerprint density at radius 1 is 1.25 bits per heavy atom. The molecule has 0 saturated carbocycles. The average molecular weight is 300 g/mol. The second kappa shape index (κ2) is 7.61. The minimum absolute atomic E-state index is 0.0431. The summed E-state index contributed by atoms with van der Waals surface area (Å²) in [7, 11) is -3.49. The Hall–Kier alpha value is -1.11. The summed E-state index contributed by atoms with van der Waals surface area (Å²) in [6.07, 6.45) is 0.990. The van der Waals surface area contributed by atoms with Crippen LogP contribution in [-0.2, 0) is 15.8 Å². The van der Waals surface area contributed by atoms with Crippen LogP contribution >= 0.6 is 0 Å². The fraction of sp³-hybridized carbons (Fsp3) is 0.571. The normalized spacial score (nSPS) is 13.6. The van der Waals surface area contributed by atoms with Gasteiger partial charge in [0.05, 0.1) is 11.9 Å². The minimum Gasteiger partial charge on any atom is -0.398 e. The van der Waals surface area contributed by atoms with E-state index >= 15 is 0 Å². The predicted octanol–water partition coefficient (Wildman–Crippen LogP) is 1.49. The van der Waals surface area contributed by atoms with Crippen LogP contribution in [0.5, 0.6) is 0 Å². The fourth-order valence-electron chi connectivity index (χ4n) is 2.13. The van der Waals surface area contributed by atoms with Gasteiger partial charge in [-0.2, -0.15) is 0 Å². The topological polar surface area (TPSA) is 92.4 Å². The second-order valence-corrected chi connectivity index (χ2v) is 6.76. The summed E-state index contributed by atoms with van der Waals surface area (Å²) in [4.78, 5) is 0. The molecule has 0 radical (unpaired) electrons. The van der Waals surface area contributed by atoms with Crippen molar-refractivity contribution in [3.8, 4) is 0 Å². The number of hydrogen-bond acceptors (Lipinski definition) is 4. The Morgan fingerprint density at radius 3 is 2.40 bits per heavy atom. The summed E-state index contributed by atoms with van der Waals surface area (Å²) in [6, 6.07) is 6.87. The third-order valence-corrected chi connectivity index (χ3v) is 4.80. The van der Waals surface area contributed by atoms with Crippen LogP contribution in [-0.4, -0.2) is 26.2 Å². The molecule has 1 unspecified atom stereocenters. The molecule has 20 heavy (non-hydrogen) atoms. The largest absolute Gasteiger partial charge is 0.398 e. The molecule has 114 valence electrons. The zero-order chi connectivity index (χ0) is 15.2. The number of nitrogens with one attached hydrogen (secondary N) is 1. The summed E-state index contributed by atoms with van der Waals surface area (Å²) >= 11 is 0. The molecule has 0 bridgehead atoms. The third-order valence-electron chi connectivity index (χ3n) is 3.51. The Kier molecular flexibility index (Phi) is 6.45. The van der Waals surface area contributed by atoms with Crippen molar-refractivity contribution < 1.29 is 13.5 Å².